The molecule has 0 radical (unpaired) electrons. The van der Waals surface area contributed by atoms with Crippen LogP contribution in [0.4, 0.5) is 18.9 Å². The third kappa shape index (κ3) is 4.74. The van der Waals surface area contributed by atoms with Crippen molar-refractivity contribution in [3.63, 3.8) is 0 Å². The second-order valence-electron chi connectivity index (χ2n) is 11.8. The van der Waals surface area contributed by atoms with Crippen LogP contribution >= 0.6 is 0 Å². The van der Waals surface area contributed by atoms with Crippen LogP contribution in [0.1, 0.15) is 36.5 Å². The van der Waals surface area contributed by atoms with Gasteiger partial charge in [0, 0.05) is 49.4 Å². The molecule has 0 spiro atoms. The molecule has 0 aromatic heterocycles. The molecule has 3 aliphatic rings. The third-order valence-electron chi connectivity index (χ3n) is 8.97. The number of rotatable bonds is 7. The van der Waals surface area contributed by atoms with Crippen molar-refractivity contribution < 1.29 is 48.0 Å². The number of nitrogens with zero attached hydrogens (tertiary/aromatic N) is 2. The maximum absolute atomic E-state index is 14.0. The highest BCUT2D eigenvalue weighted by Crippen LogP contribution is 2.53. The number of fused-ring (bicyclic) bond motifs is 3. The summed E-state index contributed by atoms with van der Waals surface area (Å²) in [5.41, 5.74) is 3.01. The molecule has 232 valence electrons. The van der Waals surface area contributed by atoms with Gasteiger partial charge in [0.1, 0.15) is 23.5 Å². The lowest BCUT2D eigenvalue weighted by molar-refractivity contribution is -0.184. The van der Waals surface area contributed by atoms with Crippen molar-refractivity contribution in [1.29, 1.82) is 0 Å². The molecule has 1 aromatic rings. The minimum absolute atomic E-state index is 0.0314. The second kappa shape index (κ2) is 10.8. The van der Waals surface area contributed by atoms with E-state index in [4.69, 9.17) is 5.73 Å². The molecule has 11 nitrogen and oxygen atoms in total. The summed E-state index contributed by atoms with van der Waals surface area (Å²) < 4.78 is 40.1. The van der Waals surface area contributed by atoms with Crippen LogP contribution in [0.2, 0.25) is 0 Å². The number of carbonyl (C=O) groups excluding carboxylic acids is 3. The zero-order valence-electron chi connectivity index (χ0n) is 24.0. The molecule has 4 unspecified atom stereocenters. The van der Waals surface area contributed by atoms with E-state index in [9.17, 15) is 48.0 Å². The molecule has 3 aliphatic carbocycles. The Kier molecular flexibility index (Phi) is 8.17. The number of carbonyl (C=O) groups is 3. The molecule has 0 saturated heterocycles. The summed E-state index contributed by atoms with van der Waals surface area (Å²) in [6.45, 7) is 0.951. The summed E-state index contributed by atoms with van der Waals surface area (Å²) in [5.74, 6) is -8.70. The largest absolute Gasteiger partial charge is 0.507 e. The monoisotopic (exact) mass is 598 g/mol. The number of alkyl halides is 3. The lowest BCUT2D eigenvalue weighted by atomic mass is 9.54. The van der Waals surface area contributed by atoms with Gasteiger partial charge >= 0.3 is 6.18 Å². The number of phenolic OH excluding ortho intramolecular Hbond substituents is 1. The van der Waals surface area contributed by atoms with Gasteiger partial charge in [0.2, 0.25) is 11.7 Å². The quantitative estimate of drug-likeness (QED) is 0.244. The van der Waals surface area contributed by atoms with Crippen LogP contribution in [-0.2, 0) is 27.3 Å². The van der Waals surface area contributed by atoms with E-state index in [0.717, 1.165) is 0 Å². The number of primary amides is 1. The molecule has 14 heteroatoms. The van der Waals surface area contributed by atoms with Crippen molar-refractivity contribution in [3.8, 4) is 5.75 Å². The number of nitrogens with one attached hydrogen (secondary N) is 1. The zero-order chi connectivity index (χ0) is 31.6. The molecule has 1 amide bonds. The predicted octanol–water partition coefficient (Wildman–Crippen LogP) is 0.626. The van der Waals surface area contributed by atoms with Gasteiger partial charge in [-0.05, 0) is 50.9 Å². The van der Waals surface area contributed by atoms with E-state index < -0.39 is 83.2 Å². The van der Waals surface area contributed by atoms with Gasteiger partial charge in [-0.3, -0.25) is 14.4 Å². The van der Waals surface area contributed by atoms with Gasteiger partial charge in [0.05, 0.1) is 11.7 Å². The number of halogens is 3. The summed E-state index contributed by atoms with van der Waals surface area (Å²) >= 11 is 0. The Morgan fingerprint density at radius 1 is 1.21 bits per heavy atom. The fraction of sp³-hybridized carbons (Fsp3) is 0.607. The molecule has 0 bridgehead atoms. The van der Waals surface area contributed by atoms with Gasteiger partial charge in [-0.25, -0.2) is 0 Å². The first-order valence-electron chi connectivity index (χ1n) is 13.6. The molecule has 2 saturated carbocycles. The van der Waals surface area contributed by atoms with Crippen LogP contribution < -0.4 is 16.0 Å². The average Bonchev–Trinajstić information content (AvgIpc) is 2.86. The average molecular weight is 599 g/mol. The fourth-order valence-electron chi connectivity index (χ4n) is 6.96. The molecule has 2 fully saturated rings. The van der Waals surface area contributed by atoms with Crippen molar-refractivity contribution in [2.24, 2.45) is 23.5 Å². The van der Waals surface area contributed by atoms with Crippen molar-refractivity contribution in [2.45, 2.75) is 62.7 Å². The van der Waals surface area contributed by atoms with E-state index in [2.05, 4.69) is 5.32 Å². The molecular weight excluding hydrogens is 561 g/mol. The molecule has 42 heavy (non-hydrogen) atoms. The minimum atomic E-state index is -4.53. The maximum Gasteiger partial charge on any atom is 0.403 e. The Balaban J connectivity index is 1.88. The summed E-state index contributed by atoms with van der Waals surface area (Å²) in [6, 6.07) is -1.36. The Morgan fingerprint density at radius 3 is 2.33 bits per heavy atom. The van der Waals surface area contributed by atoms with Gasteiger partial charge in [0.25, 0.3) is 0 Å². The number of aromatic hydroxyl groups is 1. The lowest BCUT2D eigenvalue weighted by Gasteiger charge is -2.53. The molecule has 7 atom stereocenters. The maximum atomic E-state index is 14.0. The number of aliphatic hydroxyl groups is 3. The Hall–Kier alpha value is -3.20. The van der Waals surface area contributed by atoms with Crippen LogP contribution in [0.15, 0.2) is 11.6 Å². The van der Waals surface area contributed by atoms with Crippen molar-refractivity contribution in [1.82, 2.24) is 10.2 Å². The number of anilines is 1. The molecule has 1 aromatic carbocycles. The number of phenols is 1. The number of hydrogen-bond acceptors (Lipinski definition) is 10. The predicted molar refractivity (Wildman–Crippen MR) is 145 cm³/mol. The SMILES string of the molecule is CCC(NCc1cc(N(C)C)c2c(c1O)C(O)=C1C(=O)[C@@]3(O)C(=O)C(C(N)=O)C(O)C(N(C)C)[C@H]3C[C@H]1C2)C(F)(F)F. The first-order valence-corrected chi connectivity index (χ1v) is 13.6. The van der Waals surface area contributed by atoms with Crippen molar-refractivity contribution >= 4 is 28.9 Å². The lowest BCUT2D eigenvalue weighted by Crippen LogP contribution is -2.73. The van der Waals surface area contributed by atoms with Crippen LogP contribution in [-0.4, -0.2) is 101 Å². The Morgan fingerprint density at radius 2 is 1.83 bits per heavy atom. The van der Waals surface area contributed by atoms with E-state index in [-0.39, 0.29) is 36.0 Å². The van der Waals surface area contributed by atoms with Crippen molar-refractivity contribution in [3.05, 3.63) is 28.3 Å². The number of nitrogens with two attached hydrogens (primary N) is 1. The van der Waals surface area contributed by atoms with Crippen molar-refractivity contribution in [2.75, 3.05) is 33.1 Å². The highest BCUT2D eigenvalue weighted by molar-refractivity contribution is 6.25. The van der Waals surface area contributed by atoms with E-state index in [1.807, 2.05) is 0 Å². The van der Waals surface area contributed by atoms with Crippen LogP contribution in [0, 0.1) is 17.8 Å². The smallest absolute Gasteiger partial charge is 0.403 e. The summed E-state index contributed by atoms with van der Waals surface area (Å²) in [7, 11) is 6.48. The van der Waals surface area contributed by atoms with E-state index >= 15 is 0 Å². The van der Waals surface area contributed by atoms with Gasteiger partial charge in [-0.2, -0.15) is 13.2 Å². The normalized spacial score (nSPS) is 30.1. The number of ketones is 2. The first kappa shape index (κ1) is 31.7. The van der Waals surface area contributed by atoms with Gasteiger partial charge in [0.15, 0.2) is 11.4 Å². The molecular formula is C28H37F3N4O7. The number of amides is 1. The molecule has 0 heterocycles. The number of hydrogen-bond donors (Lipinski definition) is 6. The van der Waals surface area contributed by atoms with Gasteiger partial charge < -0.3 is 41.3 Å². The van der Waals surface area contributed by atoms with E-state index in [1.165, 1.54) is 17.9 Å². The highest BCUT2D eigenvalue weighted by atomic mass is 19.4. The summed E-state index contributed by atoms with van der Waals surface area (Å²) in [6.07, 6.45) is -6.36. The highest BCUT2D eigenvalue weighted by Gasteiger charge is 2.67. The minimum Gasteiger partial charge on any atom is -0.507 e. The number of aliphatic hydroxyl groups excluding tert-OH is 2. The van der Waals surface area contributed by atoms with Gasteiger partial charge in [-0.1, -0.05) is 6.92 Å². The fourth-order valence-corrected chi connectivity index (χ4v) is 6.96. The molecule has 7 N–H and O–H groups in total. The van der Waals surface area contributed by atoms with Crippen LogP contribution in [0.5, 0.6) is 5.75 Å². The molecule has 4 rings (SSSR count). The number of Topliss-reactive ketones (excluding diaryl/α,β-unsaturated/α-hetero) is 2. The van der Waals surface area contributed by atoms with E-state index in [1.54, 1.807) is 33.1 Å². The summed E-state index contributed by atoms with van der Waals surface area (Å²) in [4.78, 5) is 42.8. The Bertz CT molecular complexity index is 1350. The first-order chi connectivity index (χ1) is 19.4. The zero-order valence-corrected chi connectivity index (χ0v) is 24.0. The summed E-state index contributed by atoms with van der Waals surface area (Å²) in [5, 5.41) is 47.8. The van der Waals surface area contributed by atoms with Gasteiger partial charge in [-0.15, -0.1) is 0 Å². The van der Waals surface area contributed by atoms with Crippen LogP contribution in [0.3, 0.4) is 0 Å². The number of benzene rings is 1. The van der Waals surface area contributed by atoms with Crippen LogP contribution in [0.25, 0.3) is 5.76 Å². The number of likely N-dealkylation sites (N-methyl/N-ethyl adjacent to an activating group) is 1. The second-order valence-corrected chi connectivity index (χ2v) is 11.8. The third-order valence-corrected chi connectivity index (χ3v) is 8.97. The standard InChI is InChI=1S/C28H37F3N4O7/c1-6-16(28(29,30)31)33-10-12-9-15(34(2)3)13-7-11-8-14-20(35(4)5)23(38)19(26(32)41)25(40)27(14,42)24(39)17(11)22(37)18(13)21(12)36/h9,11,14,16,19-20,23,33,36-38,42H,6-8,10H2,1-5H3,(H2,32,41)/t11-,14-,16?,19?,20?,23?,27-/m1/s1. The Labute approximate surface area is 240 Å². The topological polar surface area (TPSA) is 177 Å². The van der Waals surface area contributed by atoms with E-state index in [0.29, 0.717) is 11.3 Å². The molecule has 0 aliphatic heterocycles.